The minimum atomic E-state index is -0.00582. The molecule has 2 unspecified atom stereocenters. The molecule has 1 rings (SSSR count). The number of nitrogens with two attached hydrogens (primary N) is 1. The summed E-state index contributed by atoms with van der Waals surface area (Å²) in [4.78, 5) is 2.41. The van der Waals surface area contributed by atoms with Crippen LogP contribution in [-0.2, 0) is 4.74 Å². The van der Waals surface area contributed by atoms with Crippen LogP contribution in [0.1, 0.15) is 33.6 Å². The maximum atomic E-state index is 9.12. The third-order valence-electron chi connectivity index (χ3n) is 3.69. The third-order valence-corrected chi connectivity index (χ3v) is 3.69. The number of hydrogen-bond acceptors (Lipinski definition) is 4. The predicted molar refractivity (Wildman–Crippen MR) is 69.9 cm³/mol. The quantitative estimate of drug-likeness (QED) is 0.727. The van der Waals surface area contributed by atoms with Gasteiger partial charge in [0.15, 0.2) is 0 Å². The minimum absolute atomic E-state index is 0.00582. The number of hydrogen-bond donors (Lipinski definition) is 2. The minimum Gasteiger partial charge on any atom is -0.394 e. The summed E-state index contributed by atoms with van der Waals surface area (Å²) >= 11 is 0. The van der Waals surface area contributed by atoms with Crippen molar-refractivity contribution in [3.8, 4) is 0 Å². The van der Waals surface area contributed by atoms with Crippen molar-refractivity contribution in [1.82, 2.24) is 4.90 Å². The van der Waals surface area contributed by atoms with Crippen molar-refractivity contribution in [2.75, 3.05) is 32.8 Å². The molecule has 0 aliphatic carbocycles. The number of aliphatic hydroxyl groups excluding tert-OH is 1. The Balaban J connectivity index is 2.29. The second-order valence-corrected chi connectivity index (χ2v) is 5.95. The van der Waals surface area contributed by atoms with Gasteiger partial charge in [0, 0.05) is 12.6 Å². The molecular weight excluding hydrogens is 216 g/mol. The highest BCUT2D eigenvalue weighted by atomic mass is 16.5. The van der Waals surface area contributed by atoms with Crippen LogP contribution >= 0.6 is 0 Å². The van der Waals surface area contributed by atoms with Gasteiger partial charge in [-0.15, -0.1) is 0 Å². The molecule has 1 aliphatic heterocycles. The van der Waals surface area contributed by atoms with Crippen LogP contribution in [0.25, 0.3) is 0 Å². The zero-order valence-corrected chi connectivity index (χ0v) is 11.5. The second kappa shape index (κ2) is 6.69. The Morgan fingerprint density at radius 3 is 2.76 bits per heavy atom. The normalized spacial score (nSPS) is 27.4. The number of ether oxygens (including phenoxy) is 1. The molecular formula is C13H28N2O2. The summed E-state index contributed by atoms with van der Waals surface area (Å²) in [5.74, 6) is 0. The van der Waals surface area contributed by atoms with Gasteiger partial charge in [-0.3, -0.25) is 4.90 Å². The van der Waals surface area contributed by atoms with E-state index in [2.05, 4.69) is 25.7 Å². The number of morpholine rings is 1. The summed E-state index contributed by atoms with van der Waals surface area (Å²) in [7, 11) is 0. The Labute approximate surface area is 105 Å². The first-order valence-corrected chi connectivity index (χ1v) is 6.65. The van der Waals surface area contributed by atoms with Crippen LogP contribution in [0.4, 0.5) is 0 Å². The first-order valence-electron chi connectivity index (χ1n) is 6.65. The lowest BCUT2D eigenvalue weighted by molar-refractivity contribution is -0.0783. The average molecular weight is 244 g/mol. The van der Waals surface area contributed by atoms with Crippen molar-refractivity contribution in [1.29, 1.82) is 0 Å². The monoisotopic (exact) mass is 244 g/mol. The SMILES string of the molecule is CC1COC(CO)CN1CCCC(C)(C)CN. The molecule has 1 heterocycles. The van der Waals surface area contributed by atoms with Crippen LogP contribution in [0, 0.1) is 5.41 Å². The Morgan fingerprint density at radius 2 is 2.18 bits per heavy atom. The molecule has 1 fully saturated rings. The van der Waals surface area contributed by atoms with Crippen LogP contribution < -0.4 is 5.73 Å². The van der Waals surface area contributed by atoms with E-state index in [4.69, 9.17) is 15.6 Å². The molecule has 0 radical (unpaired) electrons. The Kier molecular flexibility index (Phi) is 5.86. The first kappa shape index (κ1) is 14.9. The van der Waals surface area contributed by atoms with Crippen LogP contribution in [0.3, 0.4) is 0 Å². The Hall–Kier alpha value is -0.160. The lowest BCUT2D eigenvalue weighted by atomic mass is 9.88. The molecule has 4 nitrogen and oxygen atoms in total. The molecule has 4 heteroatoms. The smallest absolute Gasteiger partial charge is 0.0933 e. The number of rotatable bonds is 6. The van der Waals surface area contributed by atoms with Gasteiger partial charge in [-0.2, -0.15) is 0 Å². The molecule has 0 aromatic heterocycles. The zero-order chi connectivity index (χ0) is 12.9. The lowest BCUT2D eigenvalue weighted by Gasteiger charge is -2.38. The van der Waals surface area contributed by atoms with Gasteiger partial charge in [-0.1, -0.05) is 13.8 Å². The van der Waals surface area contributed by atoms with Gasteiger partial charge < -0.3 is 15.6 Å². The zero-order valence-electron chi connectivity index (χ0n) is 11.5. The molecule has 1 saturated heterocycles. The summed E-state index contributed by atoms with van der Waals surface area (Å²) in [5, 5.41) is 9.12. The molecule has 2 atom stereocenters. The summed E-state index contributed by atoms with van der Waals surface area (Å²) in [5.41, 5.74) is 5.97. The molecule has 1 aliphatic rings. The van der Waals surface area contributed by atoms with Crippen molar-refractivity contribution in [2.24, 2.45) is 11.1 Å². The van der Waals surface area contributed by atoms with Crippen molar-refractivity contribution in [2.45, 2.75) is 45.8 Å². The second-order valence-electron chi connectivity index (χ2n) is 5.95. The van der Waals surface area contributed by atoms with Gasteiger partial charge in [0.1, 0.15) is 0 Å². The third kappa shape index (κ3) is 4.92. The topological polar surface area (TPSA) is 58.7 Å². The largest absolute Gasteiger partial charge is 0.394 e. The van der Waals surface area contributed by atoms with Gasteiger partial charge in [0.2, 0.25) is 0 Å². The lowest BCUT2D eigenvalue weighted by Crippen LogP contribution is -2.49. The molecule has 17 heavy (non-hydrogen) atoms. The molecule has 0 spiro atoms. The van der Waals surface area contributed by atoms with Crippen molar-refractivity contribution in [3.63, 3.8) is 0 Å². The fourth-order valence-electron chi connectivity index (χ4n) is 2.16. The highest BCUT2D eigenvalue weighted by Crippen LogP contribution is 2.21. The maximum absolute atomic E-state index is 9.12. The van der Waals surface area contributed by atoms with Gasteiger partial charge >= 0.3 is 0 Å². The first-order chi connectivity index (χ1) is 7.98. The maximum Gasteiger partial charge on any atom is 0.0933 e. The van der Waals surface area contributed by atoms with Gasteiger partial charge in [-0.25, -0.2) is 0 Å². The van der Waals surface area contributed by atoms with E-state index in [1.807, 2.05) is 0 Å². The molecule has 0 aromatic carbocycles. The van der Waals surface area contributed by atoms with Gasteiger partial charge in [-0.05, 0) is 38.3 Å². The van der Waals surface area contributed by atoms with E-state index in [-0.39, 0.29) is 18.1 Å². The molecule has 0 amide bonds. The summed E-state index contributed by atoms with van der Waals surface area (Å²) in [6.45, 7) is 10.1. The fourth-order valence-corrected chi connectivity index (χ4v) is 2.16. The van der Waals surface area contributed by atoms with E-state index >= 15 is 0 Å². The van der Waals surface area contributed by atoms with E-state index in [1.54, 1.807) is 0 Å². The van der Waals surface area contributed by atoms with E-state index in [1.165, 1.54) is 0 Å². The van der Waals surface area contributed by atoms with E-state index < -0.39 is 0 Å². The van der Waals surface area contributed by atoms with Crippen molar-refractivity contribution < 1.29 is 9.84 Å². The van der Waals surface area contributed by atoms with Crippen molar-refractivity contribution >= 4 is 0 Å². The van der Waals surface area contributed by atoms with Crippen LogP contribution in [-0.4, -0.2) is 55.0 Å². The van der Waals surface area contributed by atoms with E-state index in [9.17, 15) is 0 Å². The molecule has 0 aromatic rings. The molecule has 102 valence electrons. The fraction of sp³-hybridized carbons (Fsp3) is 1.00. The van der Waals surface area contributed by atoms with Crippen molar-refractivity contribution in [3.05, 3.63) is 0 Å². The number of aliphatic hydroxyl groups is 1. The van der Waals surface area contributed by atoms with Crippen LogP contribution in [0.5, 0.6) is 0 Å². The molecule has 3 N–H and O–H groups in total. The van der Waals surface area contributed by atoms with E-state index in [0.29, 0.717) is 6.04 Å². The van der Waals surface area contributed by atoms with Gasteiger partial charge in [0.25, 0.3) is 0 Å². The standard InChI is InChI=1S/C13H28N2O2/c1-11-9-17-12(8-16)7-15(11)6-4-5-13(2,3)10-14/h11-12,16H,4-10,14H2,1-3H3. The van der Waals surface area contributed by atoms with Gasteiger partial charge in [0.05, 0.1) is 19.3 Å². The molecule has 0 saturated carbocycles. The summed E-state index contributed by atoms with van der Waals surface area (Å²) < 4.78 is 5.53. The predicted octanol–water partition coefficient (Wildman–Crippen LogP) is 0.833. The Morgan fingerprint density at radius 1 is 1.47 bits per heavy atom. The summed E-state index contributed by atoms with van der Waals surface area (Å²) in [6.07, 6.45) is 2.30. The van der Waals surface area contributed by atoms with Crippen LogP contribution in [0.2, 0.25) is 0 Å². The summed E-state index contributed by atoms with van der Waals surface area (Å²) in [6, 6.07) is 0.457. The highest BCUT2D eigenvalue weighted by molar-refractivity contribution is 4.78. The Bertz CT molecular complexity index is 221. The van der Waals surface area contributed by atoms with Crippen LogP contribution in [0.15, 0.2) is 0 Å². The highest BCUT2D eigenvalue weighted by Gasteiger charge is 2.25. The molecule has 0 bridgehead atoms. The van der Waals surface area contributed by atoms with E-state index in [0.717, 1.165) is 39.1 Å². The average Bonchev–Trinajstić information content (AvgIpc) is 2.31. The number of nitrogens with zero attached hydrogens (tertiary/aromatic N) is 1.